The standard InChI is InChI=1S/C14H26/c1-11(2)9-12(3)5-7-14-8-6-13(4)10-14/h5,7,11-14H,6,8-10H2,1-4H3/b7-5-. The summed E-state index contributed by atoms with van der Waals surface area (Å²) in [5, 5.41) is 0. The zero-order valence-electron chi connectivity index (χ0n) is 10.3. The van der Waals surface area contributed by atoms with Crippen molar-refractivity contribution in [2.24, 2.45) is 23.7 Å². The summed E-state index contributed by atoms with van der Waals surface area (Å²) in [6.45, 7) is 9.34. The number of hydrogen-bond donors (Lipinski definition) is 0. The molecule has 0 aliphatic heterocycles. The molecule has 0 radical (unpaired) electrons. The maximum Gasteiger partial charge on any atom is -0.0231 e. The number of hydrogen-bond acceptors (Lipinski definition) is 0. The van der Waals surface area contributed by atoms with Crippen LogP contribution in [0.1, 0.15) is 53.4 Å². The van der Waals surface area contributed by atoms with Gasteiger partial charge in [0.25, 0.3) is 0 Å². The van der Waals surface area contributed by atoms with E-state index in [1.54, 1.807) is 0 Å². The molecule has 1 aliphatic carbocycles. The first kappa shape index (κ1) is 11.8. The van der Waals surface area contributed by atoms with Crippen LogP contribution < -0.4 is 0 Å². The molecule has 0 nitrogen and oxygen atoms in total. The second-order valence-electron chi connectivity index (χ2n) is 5.67. The van der Waals surface area contributed by atoms with Crippen LogP contribution in [0.5, 0.6) is 0 Å². The molecule has 3 unspecified atom stereocenters. The second kappa shape index (κ2) is 5.58. The van der Waals surface area contributed by atoms with Crippen molar-refractivity contribution in [2.45, 2.75) is 53.4 Å². The third-order valence-corrected chi connectivity index (χ3v) is 3.29. The second-order valence-corrected chi connectivity index (χ2v) is 5.67. The van der Waals surface area contributed by atoms with E-state index < -0.39 is 0 Å². The summed E-state index contributed by atoms with van der Waals surface area (Å²) >= 11 is 0. The van der Waals surface area contributed by atoms with Crippen LogP contribution in [-0.2, 0) is 0 Å². The predicted molar refractivity (Wildman–Crippen MR) is 64.3 cm³/mol. The van der Waals surface area contributed by atoms with E-state index in [0.717, 1.165) is 23.7 Å². The van der Waals surface area contributed by atoms with E-state index in [9.17, 15) is 0 Å². The fourth-order valence-electron chi connectivity index (χ4n) is 2.59. The van der Waals surface area contributed by atoms with Crippen LogP contribution in [0.25, 0.3) is 0 Å². The zero-order chi connectivity index (χ0) is 10.6. The molecule has 1 saturated carbocycles. The molecule has 0 heterocycles. The molecule has 0 bridgehead atoms. The third-order valence-electron chi connectivity index (χ3n) is 3.29. The largest absolute Gasteiger partial charge is 0.0854 e. The van der Waals surface area contributed by atoms with Crippen LogP contribution in [0.2, 0.25) is 0 Å². The Kier molecular flexibility index (Phi) is 4.71. The first-order valence-corrected chi connectivity index (χ1v) is 6.26. The molecule has 0 spiro atoms. The molecule has 0 aromatic rings. The van der Waals surface area contributed by atoms with Gasteiger partial charge >= 0.3 is 0 Å². The summed E-state index contributed by atoms with van der Waals surface area (Å²) in [5.74, 6) is 3.45. The average molecular weight is 194 g/mol. The Labute approximate surface area is 89.8 Å². The summed E-state index contributed by atoms with van der Waals surface area (Å²) in [4.78, 5) is 0. The van der Waals surface area contributed by atoms with E-state index in [0.29, 0.717) is 0 Å². The maximum atomic E-state index is 2.48. The van der Waals surface area contributed by atoms with Gasteiger partial charge in [-0.3, -0.25) is 0 Å². The highest BCUT2D eigenvalue weighted by Crippen LogP contribution is 2.31. The normalized spacial score (nSPS) is 30.4. The molecule has 14 heavy (non-hydrogen) atoms. The minimum atomic E-state index is 0.769. The lowest BCUT2D eigenvalue weighted by Gasteiger charge is -2.10. The lowest BCUT2D eigenvalue weighted by atomic mass is 9.96. The van der Waals surface area contributed by atoms with Crippen LogP contribution in [0, 0.1) is 23.7 Å². The van der Waals surface area contributed by atoms with Crippen molar-refractivity contribution in [3.63, 3.8) is 0 Å². The SMILES string of the molecule is CC(C)CC(C)/C=C\C1CCC(C)C1. The summed E-state index contributed by atoms with van der Waals surface area (Å²) in [6, 6.07) is 0. The molecule has 82 valence electrons. The van der Waals surface area contributed by atoms with Crippen molar-refractivity contribution in [2.75, 3.05) is 0 Å². The van der Waals surface area contributed by atoms with Crippen molar-refractivity contribution >= 4 is 0 Å². The molecule has 0 aromatic carbocycles. The van der Waals surface area contributed by atoms with Crippen molar-refractivity contribution in [3.05, 3.63) is 12.2 Å². The molecular weight excluding hydrogens is 168 g/mol. The average Bonchev–Trinajstić information content (AvgIpc) is 2.47. The summed E-state index contributed by atoms with van der Waals surface area (Å²) in [7, 11) is 0. The fraction of sp³-hybridized carbons (Fsp3) is 0.857. The monoisotopic (exact) mass is 194 g/mol. The van der Waals surface area contributed by atoms with Gasteiger partial charge in [0.1, 0.15) is 0 Å². The predicted octanol–water partition coefficient (Wildman–Crippen LogP) is 4.66. The van der Waals surface area contributed by atoms with Gasteiger partial charge in [0.2, 0.25) is 0 Å². The topological polar surface area (TPSA) is 0 Å². The molecule has 1 rings (SSSR count). The molecule has 0 aromatic heterocycles. The molecule has 3 atom stereocenters. The Hall–Kier alpha value is -0.260. The van der Waals surface area contributed by atoms with Crippen LogP contribution in [0.4, 0.5) is 0 Å². The molecule has 0 N–H and O–H groups in total. The van der Waals surface area contributed by atoms with Gasteiger partial charge in [-0.25, -0.2) is 0 Å². The lowest BCUT2D eigenvalue weighted by Crippen LogP contribution is -1.97. The van der Waals surface area contributed by atoms with E-state index in [-0.39, 0.29) is 0 Å². The van der Waals surface area contributed by atoms with Crippen LogP contribution in [-0.4, -0.2) is 0 Å². The Morgan fingerprint density at radius 3 is 2.43 bits per heavy atom. The summed E-state index contributed by atoms with van der Waals surface area (Å²) in [5.41, 5.74) is 0. The Morgan fingerprint density at radius 1 is 1.21 bits per heavy atom. The zero-order valence-corrected chi connectivity index (χ0v) is 10.3. The molecular formula is C14H26. The van der Waals surface area contributed by atoms with Gasteiger partial charge in [-0.2, -0.15) is 0 Å². The molecule has 0 heteroatoms. The van der Waals surface area contributed by atoms with E-state index >= 15 is 0 Å². The molecule has 0 amide bonds. The van der Waals surface area contributed by atoms with E-state index in [1.807, 2.05) is 0 Å². The number of allylic oxidation sites excluding steroid dienone is 2. The molecule has 1 fully saturated rings. The van der Waals surface area contributed by atoms with Gasteiger partial charge < -0.3 is 0 Å². The fourth-order valence-corrected chi connectivity index (χ4v) is 2.59. The third kappa shape index (κ3) is 4.30. The minimum absolute atomic E-state index is 0.769. The van der Waals surface area contributed by atoms with Gasteiger partial charge in [-0.1, -0.05) is 46.3 Å². The van der Waals surface area contributed by atoms with Gasteiger partial charge in [-0.05, 0) is 42.9 Å². The quantitative estimate of drug-likeness (QED) is 0.571. The van der Waals surface area contributed by atoms with Gasteiger partial charge in [-0.15, -0.1) is 0 Å². The van der Waals surface area contributed by atoms with Crippen LogP contribution in [0.3, 0.4) is 0 Å². The van der Waals surface area contributed by atoms with E-state index in [4.69, 9.17) is 0 Å². The van der Waals surface area contributed by atoms with Crippen LogP contribution >= 0.6 is 0 Å². The summed E-state index contributed by atoms with van der Waals surface area (Å²) < 4.78 is 0. The Balaban J connectivity index is 2.25. The molecule has 1 aliphatic rings. The highest BCUT2D eigenvalue weighted by atomic mass is 14.2. The first-order chi connectivity index (χ1) is 6.58. The van der Waals surface area contributed by atoms with E-state index in [2.05, 4.69) is 39.8 Å². The van der Waals surface area contributed by atoms with Crippen molar-refractivity contribution in [3.8, 4) is 0 Å². The Morgan fingerprint density at radius 2 is 1.93 bits per heavy atom. The smallest absolute Gasteiger partial charge is 0.0231 e. The number of rotatable bonds is 4. The Bertz CT molecular complexity index is 178. The van der Waals surface area contributed by atoms with Crippen LogP contribution in [0.15, 0.2) is 12.2 Å². The highest BCUT2D eigenvalue weighted by molar-refractivity contribution is 4.94. The van der Waals surface area contributed by atoms with Crippen molar-refractivity contribution in [1.82, 2.24) is 0 Å². The summed E-state index contributed by atoms with van der Waals surface area (Å²) in [6.07, 6.45) is 10.5. The highest BCUT2D eigenvalue weighted by Gasteiger charge is 2.18. The maximum absolute atomic E-state index is 2.48. The van der Waals surface area contributed by atoms with E-state index in [1.165, 1.54) is 25.7 Å². The molecule has 0 saturated heterocycles. The lowest BCUT2D eigenvalue weighted by molar-refractivity contribution is 0.499. The minimum Gasteiger partial charge on any atom is -0.0854 e. The van der Waals surface area contributed by atoms with Gasteiger partial charge in [0.15, 0.2) is 0 Å². The van der Waals surface area contributed by atoms with Crippen molar-refractivity contribution < 1.29 is 0 Å². The van der Waals surface area contributed by atoms with Gasteiger partial charge in [0, 0.05) is 0 Å². The van der Waals surface area contributed by atoms with Crippen molar-refractivity contribution in [1.29, 1.82) is 0 Å². The van der Waals surface area contributed by atoms with Gasteiger partial charge in [0.05, 0.1) is 0 Å². The first-order valence-electron chi connectivity index (χ1n) is 6.26.